The van der Waals surface area contributed by atoms with Crippen molar-refractivity contribution in [3.05, 3.63) is 40.8 Å². The molecule has 2 aromatic rings. The highest BCUT2D eigenvalue weighted by atomic mass is 16.5. The quantitative estimate of drug-likeness (QED) is 0.869. The molecule has 0 saturated carbocycles. The first kappa shape index (κ1) is 18.0. The monoisotopic (exact) mass is 369 g/mol. The maximum absolute atomic E-state index is 12.8. The zero-order chi connectivity index (χ0) is 19.0. The van der Waals surface area contributed by atoms with Crippen molar-refractivity contribution >= 4 is 11.7 Å². The Morgan fingerprint density at radius 1 is 1.30 bits per heavy atom. The van der Waals surface area contributed by atoms with Gasteiger partial charge in [0.25, 0.3) is 5.91 Å². The highest BCUT2D eigenvalue weighted by Crippen LogP contribution is 2.30. The highest BCUT2D eigenvalue weighted by Gasteiger charge is 2.30. The first-order valence-corrected chi connectivity index (χ1v) is 9.73. The molecule has 0 unspecified atom stereocenters. The lowest BCUT2D eigenvalue weighted by Crippen LogP contribution is -2.45. The molecule has 4 rings (SSSR count). The van der Waals surface area contributed by atoms with Crippen LogP contribution in [0.5, 0.6) is 0 Å². The van der Waals surface area contributed by atoms with E-state index in [9.17, 15) is 4.79 Å². The Kier molecular flexibility index (Phi) is 4.86. The van der Waals surface area contributed by atoms with E-state index in [0.29, 0.717) is 5.69 Å². The summed E-state index contributed by atoms with van der Waals surface area (Å²) in [5, 5.41) is 10.5. The van der Waals surface area contributed by atoms with E-state index in [-0.39, 0.29) is 24.2 Å². The molecule has 4 heterocycles. The van der Waals surface area contributed by atoms with E-state index in [1.54, 1.807) is 0 Å². The van der Waals surface area contributed by atoms with Gasteiger partial charge in [0.15, 0.2) is 5.69 Å². The summed E-state index contributed by atoms with van der Waals surface area (Å²) < 4.78 is 5.80. The summed E-state index contributed by atoms with van der Waals surface area (Å²) in [6.07, 6.45) is 2.58. The molecule has 0 aromatic carbocycles. The number of piperidine rings is 1. The van der Waals surface area contributed by atoms with Crippen LogP contribution in [0.1, 0.15) is 60.2 Å². The maximum atomic E-state index is 12.8. The third kappa shape index (κ3) is 3.69. The fourth-order valence-corrected chi connectivity index (χ4v) is 4.07. The molecule has 2 aliphatic heterocycles. The Labute approximate surface area is 159 Å². The zero-order valence-electron chi connectivity index (χ0n) is 16.2. The van der Waals surface area contributed by atoms with Gasteiger partial charge in [0, 0.05) is 36.8 Å². The summed E-state index contributed by atoms with van der Waals surface area (Å²) in [5.41, 5.74) is 3.48. The summed E-state index contributed by atoms with van der Waals surface area (Å²) in [4.78, 5) is 19.7. The van der Waals surface area contributed by atoms with Crippen LogP contribution in [0.2, 0.25) is 0 Å². The Bertz CT molecular complexity index is 826. The topological polar surface area (TPSA) is 83.1 Å². The fourth-order valence-electron chi connectivity index (χ4n) is 4.07. The van der Waals surface area contributed by atoms with Crippen LogP contribution in [0.3, 0.4) is 0 Å². The number of aromatic nitrogens is 3. The van der Waals surface area contributed by atoms with Gasteiger partial charge in [0.1, 0.15) is 5.82 Å². The molecule has 0 radical (unpaired) electrons. The molecule has 27 heavy (non-hydrogen) atoms. The standard InChI is InChI=1S/C20H27N5O2/c1-12-5-4-6-17(21-12)25-9-7-15(8-10-25)22-20(26)19-16-11-13(2)27-14(3)18(16)23-24-19/h4-6,13-15H,7-11H2,1-3H3,(H,22,26)(H,23,24)/t13-,14+/m1/s1. The molecule has 1 amide bonds. The smallest absolute Gasteiger partial charge is 0.272 e. The summed E-state index contributed by atoms with van der Waals surface area (Å²) in [5.74, 6) is 0.935. The number of aromatic amines is 1. The number of pyridine rings is 1. The van der Waals surface area contributed by atoms with Gasteiger partial charge in [-0.3, -0.25) is 9.89 Å². The van der Waals surface area contributed by atoms with Crippen LogP contribution in [0, 0.1) is 6.92 Å². The normalized spacial score (nSPS) is 23.1. The minimum absolute atomic E-state index is 0.0529. The average Bonchev–Trinajstić information content (AvgIpc) is 3.06. The predicted octanol–water partition coefficient (Wildman–Crippen LogP) is 2.53. The van der Waals surface area contributed by atoms with Crippen molar-refractivity contribution in [1.29, 1.82) is 0 Å². The second-order valence-corrected chi connectivity index (χ2v) is 7.63. The van der Waals surface area contributed by atoms with E-state index >= 15 is 0 Å². The van der Waals surface area contributed by atoms with Crippen LogP contribution in [0.4, 0.5) is 5.82 Å². The number of ether oxygens (including phenoxy) is 1. The average molecular weight is 369 g/mol. The van der Waals surface area contributed by atoms with Gasteiger partial charge < -0.3 is 15.0 Å². The van der Waals surface area contributed by atoms with Crippen LogP contribution < -0.4 is 10.2 Å². The number of anilines is 1. The summed E-state index contributed by atoms with van der Waals surface area (Å²) in [6, 6.07) is 6.26. The molecular weight excluding hydrogens is 342 g/mol. The van der Waals surface area contributed by atoms with Gasteiger partial charge in [-0.25, -0.2) is 4.98 Å². The number of nitrogens with one attached hydrogen (secondary N) is 2. The maximum Gasteiger partial charge on any atom is 0.272 e. The van der Waals surface area contributed by atoms with Crippen molar-refractivity contribution in [2.45, 2.75) is 58.3 Å². The second kappa shape index (κ2) is 7.31. The van der Waals surface area contributed by atoms with Crippen molar-refractivity contribution in [3.8, 4) is 0 Å². The molecular formula is C20H27N5O2. The molecule has 2 N–H and O–H groups in total. The number of rotatable bonds is 3. The summed E-state index contributed by atoms with van der Waals surface area (Å²) in [7, 11) is 0. The molecule has 7 nitrogen and oxygen atoms in total. The van der Waals surface area contributed by atoms with Crippen LogP contribution in [0.25, 0.3) is 0 Å². The lowest BCUT2D eigenvalue weighted by Gasteiger charge is -2.33. The molecule has 1 fully saturated rings. The van der Waals surface area contributed by atoms with Gasteiger partial charge in [-0.05, 0) is 45.7 Å². The molecule has 2 aromatic heterocycles. The Morgan fingerprint density at radius 2 is 2.07 bits per heavy atom. The van der Waals surface area contributed by atoms with Gasteiger partial charge in [-0.1, -0.05) is 6.07 Å². The molecule has 0 spiro atoms. The molecule has 2 aliphatic rings. The molecule has 0 aliphatic carbocycles. The number of amides is 1. The summed E-state index contributed by atoms with van der Waals surface area (Å²) >= 11 is 0. The van der Waals surface area contributed by atoms with E-state index in [0.717, 1.165) is 55.1 Å². The van der Waals surface area contributed by atoms with E-state index in [1.807, 2.05) is 39.0 Å². The van der Waals surface area contributed by atoms with Crippen LogP contribution >= 0.6 is 0 Å². The third-order valence-corrected chi connectivity index (χ3v) is 5.48. The largest absolute Gasteiger partial charge is 0.369 e. The number of fused-ring (bicyclic) bond motifs is 1. The van der Waals surface area contributed by atoms with Gasteiger partial charge in [0.05, 0.1) is 17.9 Å². The Hall–Kier alpha value is -2.41. The zero-order valence-corrected chi connectivity index (χ0v) is 16.2. The predicted molar refractivity (Wildman–Crippen MR) is 103 cm³/mol. The minimum Gasteiger partial charge on any atom is -0.369 e. The highest BCUT2D eigenvalue weighted by molar-refractivity contribution is 5.94. The van der Waals surface area contributed by atoms with Crippen molar-refractivity contribution in [2.75, 3.05) is 18.0 Å². The number of hydrogen-bond donors (Lipinski definition) is 2. The van der Waals surface area contributed by atoms with Gasteiger partial charge in [-0.15, -0.1) is 0 Å². The van der Waals surface area contributed by atoms with Crippen LogP contribution in [0.15, 0.2) is 18.2 Å². The van der Waals surface area contributed by atoms with Gasteiger partial charge in [0.2, 0.25) is 0 Å². The Balaban J connectivity index is 1.38. The van der Waals surface area contributed by atoms with Gasteiger partial charge in [-0.2, -0.15) is 5.10 Å². The van der Waals surface area contributed by atoms with E-state index in [4.69, 9.17) is 4.74 Å². The number of H-pyrrole nitrogens is 1. The number of carbonyl (C=O) groups is 1. The number of aryl methyl sites for hydroxylation is 1. The lowest BCUT2D eigenvalue weighted by molar-refractivity contribution is -0.00697. The Morgan fingerprint density at radius 3 is 2.81 bits per heavy atom. The molecule has 144 valence electrons. The number of carbonyl (C=O) groups excluding carboxylic acids is 1. The molecule has 0 bridgehead atoms. The van der Waals surface area contributed by atoms with E-state index < -0.39 is 0 Å². The second-order valence-electron chi connectivity index (χ2n) is 7.63. The summed E-state index contributed by atoms with van der Waals surface area (Å²) in [6.45, 7) is 7.81. The van der Waals surface area contributed by atoms with Crippen molar-refractivity contribution in [1.82, 2.24) is 20.5 Å². The van der Waals surface area contributed by atoms with Gasteiger partial charge >= 0.3 is 0 Å². The minimum atomic E-state index is -0.0825. The first-order chi connectivity index (χ1) is 13.0. The fraction of sp³-hybridized carbons (Fsp3) is 0.550. The lowest BCUT2D eigenvalue weighted by atomic mass is 9.99. The molecule has 1 saturated heterocycles. The van der Waals surface area contributed by atoms with E-state index in [2.05, 4.69) is 25.4 Å². The van der Waals surface area contributed by atoms with Crippen molar-refractivity contribution in [2.24, 2.45) is 0 Å². The van der Waals surface area contributed by atoms with Crippen molar-refractivity contribution in [3.63, 3.8) is 0 Å². The third-order valence-electron chi connectivity index (χ3n) is 5.48. The molecule has 2 atom stereocenters. The molecule has 7 heteroatoms. The number of nitrogens with zero attached hydrogens (tertiary/aromatic N) is 3. The SMILES string of the molecule is Cc1cccc(N2CCC(NC(=O)c3n[nH]c4c3C[C@@H](C)O[C@H]4C)CC2)n1. The first-order valence-electron chi connectivity index (χ1n) is 9.73. The number of hydrogen-bond acceptors (Lipinski definition) is 5. The van der Waals surface area contributed by atoms with Crippen LogP contribution in [-0.2, 0) is 11.2 Å². The van der Waals surface area contributed by atoms with Crippen molar-refractivity contribution < 1.29 is 9.53 Å². The van der Waals surface area contributed by atoms with Crippen LogP contribution in [-0.4, -0.2) is 46.3 Å². The van der Waals surface area contributed by atoms with E-state index in [1.165, 1.54) is 0 Å².